The van der Waals surface area contributed by atoms with Gasteiger partial charge in [0.1, 0.15) is 0 Å². The lowest BCUT2D eigenvalue weighted by Crippen LogP contribution is -2.55. The molecule has 0 aliphatic heterocycles. The molecule has 1 atom stereocenters. The van der Waals surface area contributed by atoms with Crippen molar-refractivity contribution in [2.45, 2.75) is 32.7 Å². The lowest BCUT2D eigenvalue weighted by molar-refractivity contribution is -0.145. The molecular formula is C13H19NO4S. The Hall–Kier alpha value is -1.40. The average molecular weight is 285 g/mol. The second-order valence-corrected chi connectivity index (χ2v) is 5.73. The second-order valence-electron chi connectivity index (χ2n) is 4.59. The van der Waals surface area contributed by atoms with Gasteiger partial charge in [-0.15, -0.1) is 11.3 Å². The minimum atomic E-state index is -1.42. The molecule has 5 nitrogen and oxygen atoms in total. The van der Waals surface area contributed by atoms with Crippen molar-refractivity contribution in [2.75, 3.05) is 13.7 Å². The highest BCUT2D eigenvalue weighted by Gasteiger charge is 2.35. The minimum Gasteiger partial charge on any atom is -0.479 e. The van der Waals surface area contributed by atoms with Crippen molar-refractivity contribution < 1.29 is 19.4 Å². The number of aliphatic carboxylic acids is 1. The SMILES string of the molecule is CCc1sc(C(=O)NC(C)(COC)C(=O)O)cc1C. The molecule has 0 saturated carbocycles. The summed E-state index contributed by atoms with van der Waals surface area (Å²) in [5.41, 5.74) is -0.364. The van der Waals surface area contributed by atoms with Crippen LogP contribution >= 0.6 is 11.3 Å². The van der Waals surface area contributed by atoms with E-state index in [4.69, 9.17) is 4.74 Å². The molecule has 2 N–H and O–H groups in total. The van der Waals surface area contributed by atoms with E-state index in [2.05, 4.69) is 5.32 Å². The predicted molar refractivity (Wildman–Crippen MR) is 73.8 cm³/mol. The molecule has 106 valence electrons. The van der Waals surface area contributed by atoms with Crippen LogP contribution in [0.3, 0.4) is 0 Å². The van der Waals surface area contributed by atoms with E-state index >= 15 is 0 Å². The summed E-state index contributed by atoms with van der Waals surface area (Å²) >= 11 is 1.39. The first-order valence-corrected chi connectivity index (χ1v) is 6.80. The third-order valence-corrected chi connectivity index (χ3v) is 4.24. The number of methoxy groups -OCH3 is 1. The van der Waals surface area contributed by atoms with Gasteiger partial charge >= 0.3 is 5.97 Å². The third-order valence-electron chi connectivity index (χ3n) is 2.86. The van der Waals surface area contributed by atoms with E-state index in [0.29, 0.717) is 4.88 Å². The normalized spacial score (nSPS) is 13.9. The number of aryl methyl sites for hydroxylation is 2. The Morgan fingerprint density at radius 1 is 1.53 bits per heavy atom. The highest BCUT2D eigenvalue weighted by molar-refractivity contribution is 7.14. The highest BCUT2D eigenvalue weighted by atomic mass is 32.1. The van der Waals surface area contributed by atoms with Crippen molar-refractivity contribution >= 4 is 23.2 Å². The second kappa shape index (κ2) is 6.16. The van der Waals surface area contributed by atoms with Crippen LogP contribution in [-0.2, 0) is 16.0 Å². The fraction of sp³-hybridized carbons (Fsp3) is 0.538. The van der Waals surface area contributed by atoms with Gasteiger partial charge in [-0.1, -0.05) is 6.92 Å². The van der Waals surface area contributed by atoms with Crippen LogP contribution in [0.25, 0.3) is 0 Å². The summed E-state index contributed by atoms with van der Waals surface area (Å²) < 4.78 is 4.86. The van der Waals surface area contributed by atoms with Crippen molar-refractivity contribution in [3.63, 3.8) is 0 Å². The number of hydrogen-bond donors (Lipinski definition) is 2. The Morgan fingerprint density at radius 3 is 2.58 bits per heavy atom. The molecule has 0 fully saturated rings. The maximum Gasteiger partial charge on any atom is 0.331 e. The summed E-state index contributed by atoms with van der Waals surface area (Å²) in [6, 6.07) is 1.79. The van der Waals surface area contributed by atoms with Gasteiger partial charge in [-0.25, -0.2) is 4.79 Å². The molecule has 1 heterocycles. The van der Waals surface area contributed by atoms with Crippen LogP contribution in [-0.4, -0.2) is 36.2 Å². The molecule has 0 saturated heterocycles. The van der Waals surface area contributed by atoms with Gasteiger partial charge < -0.3 is 15.2 Å². The smallest absolute Gasteiger partial charge is 0.331 e. The van der Waals surface area contributed by atoms with Gasteiger partial charge in [0, 0.05) is 12.0 Å². The van der Waals surface area contributed by atoms with E-state index in [0.717, 1.165) is 16.9 Å². The van der Waals surface area contributed by atoms with Crippen molar-refractivity contribution in [1.82, 2.24) is 5.32 Å². The summed E-state index contributed by atoms with van der Waals surface area (Å²) in [6.45, 7) is 5.31. The van der Waals surface area contributed by atoms with Crippen LogP contribution in [0.2, 0.25) is 0 Å². The number of carbonyl (C=O) groups is 2. The Kier molecular flexibility index (Phi) is 5.08. The lowest BCUT2D eigenvalue weighted by atomic mass is 10.0. The molecule has 1 aromatic rings. The Balaban J connectivity index is 2.90. The maximum absolute atomic E-state index is 12.1. The largest absolute Gasteiger partial charge is 0.479 e. The van der Waals surface area contributed by atoms with Crippen LogP contribution < -0.4 is 5.32 Å². The van der Waals surface area contributed by atoms with E-state index in [9.17, 15) is 14.7 Å². The van der Waals surface area contributed by atoms with Gasteiger partial charge in [-0.05, 0) is 31.9 Å². The van der Waals surface area contributed by atoms with E-state index < -0.39 is 11.5 Å². The topological polar surface area (TPSA) is 75.6 Å². The molecule has 0 bridgehead atoms. The number of hydrogen-bond acceptors (Lipinski definition) is 4. The van der Waals surface area contributed by atoms with E-state index in [-0.39, 0.29) is 12.5 Å². The molecule has 1 rings (SSSR count). The van der Waals surface area contributed by atoms with Gasteiger partial charge in [-0.3, -0.25) is 4.79 Å². The van der Waals surface area contributed by atoms with E-state index in [1.54, 1.807) is 6.07 Å². The summed E-state index contributed by atoms with van der Waals surface area (Å²) in [4.78, 5) is 25.0. The van der Waals surface area contributed by atoms with E-state index in [1.807, 2.05) is 13.8 Å². The van der Waals surface area contributed by atoms with Crippen LogP contribution in [0, 0.1) is 6.92 Å². The molecule has 0 radical (unpaired) electrons. The van der Waals surface area contributed by atoms with Crippen molar-refractivity contribution in [3.05, 3.63) is 21.4 Å². The van der Waals surface area contributed by atoms with Crippen LogP contribution in [0.1, 0.15) is 34.0 Å². The summed E-state index contributed by atoms with van der Waals surface area (Å²) in [5.74, 6) is -1.50. The molecule has 6 heteroatoms. The molecule has 0 aromatic carbocycles. The predicted octanol–water partition coefficient (Wildman–Crippen LogP) is 1.84. The van der Waals surface area contributed by atoms with Crippen LogP contribution in [0.15, 0.2) is 6.07 Å². The quantitative estimate of drug-likeness (QED) is 0.836. The lowest BCUT2D eigenvalue weighted by Gasteiger charge is -2.24. The average Bonchev–Trinajstić information content (AvgIpc) is 2.70. The fourth-order valence-electron chi connectivity index (χ4n) is 1.73. The molecule has 1 aromatic heterocycles. The maximum atomic E-state index is 12.1. The summed E-state index contributed by atoms with van der Waals surface area (Å²) in [6.07, 6.45) is 0.859. The van der Waals surface area contributed by atoms with Gasteiger partial charge in [0.05, 0.1) is 11.5 Å². The van der Waals surface area contributed by atoms with Gasteiger partial charge in [0.2, 0.25) is 0 Å². The van der Waals surface area contributed by atoms with Gasteiger partial charge in [0.15, 0.2) is 5.54 Å². The number of ether oxygens (including phenoxy) is 1. The van der Waals surface area contributed by atoms with Crippen molar-refractivity contribution in [1.29, 1.82) is 0 Å². The minimum absolute atomic E-state index is 0.0843. The number of carboxylic acids is 1. The number of carbonyl (C=O) groups excluding carboxylic acids is 1. The number of amides is 1. The first-order chi connectivity index (χ1) is 8.84. The molecule has 0 spiro atoms. The Bertz CT molecular complexity index is 483. The van der Waals surface area contributed by atoms with Crippen molar-refractivity contribution in [3.8, 4) is 0 Å². The number of rotatable bonds is 6. The fourth-order valence-corrected chi connectivity index (χ4v) is 2.74. The monoisotopic (exact) mass is 285 g/mol. The standard InChI is InChI=1S/C13H19NO4S/c1-5-9-8(2)6-10(19-9)11(15)14-13(3,7-18-4)12(16)17/h6H,5,7H2,1-4H3,(H,14,15)(H,16,17). The molecule has 1 unspecified atom stereocenters. The number of carboxylic acid groups (broad SMARTS) is 1. The number of nitrogens with one attached hydrogen (secondary N) is 1. The van der Waals surface area contributed by atoms with Gasteiger partial charge in [0.25, 0.3) is 5.91 Å². The zero-order valence-electron chi connectivity index (χ0n) is 11.6. The third kappa shape index (κ3) is 3.54. The zero-order valence-corrected chi connectivity index (χ0v) is 12.4. The van der Waals surface area contributed by atoms with E-state index in [1.165, 1.54) is 25.4 Å². The summed E-state index contributed by atoms with van der Waals surface area (Å²) in [5, 5.41) is 11.7. The number of thiophene rings is 1. The van der Waals surface area contributed by atoms with Crippen molar-refractivity contribution in [2.24, 2.45) is 0 Å². The van der Waals surface area contributed by atoms with Crippen LogP contribution in [0.4, 0.5) is 0 Å². The molecule has 0 aliphatic carbocycles. The molecular weight excluding hydrogens is 266 g/mol. The summed E-state index contributed by atoms with van der Waals surface area (Å²) in [7, 11) is 1.40. The molecule has 1 amide bonds. The molecule has 19 heavy (non-hydrogen) atoms. The zero-order chi connectivity index (χ0) is 14.6. The first-order valence-electron chi connectivity index (χ1n) is 5.98. The highest BCUT2D eigenvalue weighted by Crippen LogP contribution is 2.23. The van der Waals surface area contributed by atoms with Crippen LogP contribution in [0.5, 0.6) is 0 Å². The van der Waals surface area contributed by atoms with Gasteiger partial charge in [-0.2, -0.15) is 0 Å². The molecule has 0 aliphatic rings. The first kappa shape index (κ1) is 15.7. The Morgan fingerprint density at radius 2 is 2.16 bits per heavy atom. The Labute approximate surface area is 116 Å².